The van der Waals surface area contributed by atoms with E-state index in [4.69, 9.17) is 0 Å². The number of hydrogen-bond acceptors (Lipinski definition) is 3. The monoisotopic (exact) mass is 329 g/mol. The summed E-state index contributed by atoms with van der Waals surface area (Å²) in [6.07, 6.45) is 5.46. The third-order valence-corrected chi connectivity index (χ3v) is 5.12. The van der Waals surface area contributed by atoms with E-state index >= 15 is 0 Å². The molecular formula is C19H27N3O2. The highest BCUT2D eigenvalue weighted by molar-refractivity contribution is 5.97. The van der Waals surface area contributed by atoms with Crippen LogP contribution in [0.2, 0.25) is 0 Å². The molecule has 0 aromatic heterocycles. The van der Waals surface area contributed by atoms with Crippen LogP contribution in [-0.4, -0.2) is 42.4 Å². The molecule has 1 aliphatic heterocycles. The number of benzene rings is 1. The molecule has 1 saturated carbocycles. The Morgan fingerprint density at radius 2 is 2.00 bits per heavy atom. The third-order valence-electron chi connectivity index (χ3n) is 5.12. The summed E-state index contributed by atoms with van der Waals surface area (Å²) in [4.78, 5) is 27.0. The summed E-state index contributed by atoms with van der Waals surface area (Å²) in [5.74, 6) is 0.249. The molecule has 24 heavy (non-hydrogen) atoms. The molecule has 0 radical (unpaired) electrons. The Bertz CT molecular complexity index is 596. The Morgan fingerprint density at radius 1 is 1.21 bits per heavy atom. The number of rotatable bonds is 3. The van der Waals surface area contributed by atoms with Gasteiger partial charge >= 0.3 is 0 Å². The molecule has 2 amide bonds. The van der Waals surface area contributed by atoms with Gasteiger partial charge in [-0.15, -0.1) is 0 Å². The second kappa shape index (κ2) is 7.79. The lowest BCUT2D eigenvalue weighted by Gasteiger charge is -2.34. The van der Waals surface area contributed by atoms with Gasteiger partial charge in [-0.1, -0.05) is 25.3 Å². The lowest BCUT2D eigenvalue weighted by atomic mass is 9.88. The fourth-order valence-corrected chi connectivity index (χ4v) is 3.65. The van der Waals surface area contributed by atoms with Crippen molar-refractivity contribution in [3.8, 4) is 0 Å². The van der Waals surface area contributed by atoms with Crippen molar-refractivity contribution in [2.45, 2.75) is 45.1 Å². The maximum absolute atomic E-state index is 12.7. The highest BCUT2D eigenvalue weighted by atomic mass is 16.2. The number of hydrogen-bond donors (Lipinski definition) is 2. The summed E-state index contributed by atoms with van der Waals surface area (Å²) in [5, 5.41) is 6.29. The fourth-order valence-electron chi connectivity index (χ4n) is 3.65. The van der Waals surface area contributed by atoms with Gasteiger partial charge in [-0.25, -0.2) is 0 Å². The number of amides is 2. The SMILES string of the molecule is CC1CNCCN1C(=O)c1cccc(NC(=O)C2CCCCC2)c1. The lowest BCUT2D eigenvalue weighted by molar-refractivity contribution is -0.120. The van der Waals surface area contributed by atoms with Crippen LogP contribution in [0.25, 0.3) is 0 Å². The first-order valence-corrected chi connectivity index (χ1v) is 9.08. The van der Waals surface area contributed by atoms with Gasteiger partial charge < -0.3 is 15.5 Å². The van der Waals surface area contributed by atoms with E-state index in [2.05, 4.69) is 17.6 Å². The smallest absolute Gasteiger partial charge is 0.254 e. The van der Waals surface area contributed by atoms with E-state index in [1.807, 2.05) is 23.1 Å². The van der Waals surface area contributed by atoms with Gasteiger partial charge in [0, 0.05) is 42.8 Å². The summed E-state index contributed by atoms with van der Waals surface area (Å²) >= 11 is 0. The molecule has 1 aromatic carbocycles. The number of nitrogens with one attached hydrogen (secondary N) is 2. The van der Waals surface area contributed by atoms with Gasteiger partial charge in [-0.2, -0.15) is 0 Å². The van der Waals surface area contributed by atoms with Crippen molar-refractivity contribution in [3.05, 3.63) is 29.8 Å². The Balaban J connectivity index is 1.67. The van der Waals surface area contributed by atoms with E-state index in [-0.39, 0.29) is 23.8 Å². The van der Waals surface area contributed by atoms with Crippen LogP contribution in [0.5, 0.6) is 0 Å². The minimum absolute atomic E-state index is 0.0396. The number of carbonyl (C=O) groups is 2. The molecule has 1 saturated heterocycles. The molecule has 1 heterocycles. The van der Waals surface area contributed by atoms with Crippen LogP contribution in [0.15, 0.2) is 24.3 Å². The molecule has 0 bridgehead atoms. The first-order chi connectivity index (χ1) is 11.6. The van der Waals surface area contributed by atoms with Crippen LogP contribution >= 0.6 is 0 Å². The molecule has 2 fully saturated rings. The normalized spacial score (nSPS) is 22.2. The van der Waals surface area contributed by atoms with Crippen LogP contribution in [0, 0.1) is 5.92 Å². The van der Waals surface area contributed by atoms with Crippen LogP contribution in [-0.2, 0) is 4.79 Å². The van der Waals surface area contributed by atoms with Crippen LogP contribution < -0.4 is 10.6 Å². The Labute approximate surface area is 143 Å². The van der Waals surface area contributed by atoms with Crippen LogP contribution in [0.1, 0.15) is 49.4 Å². The van der Waals surface area contributed by atoms with Crippen molar-refractivity contribution in [3.63, 3.8) is 0 Å². The van der Waals surface area contributed by atoms with E-state index < -0.39 is 0 Å². The van der Waals surface area contributed by atoms with Crippen molar-refractivity contribution in [2.75, 3.05) is 25.0 Å². The van der Waals surface area contributed by atoms with E-state index in [1.165, 1.54) is 6.42 Å². The number of piperazine rings is 1. The number of carbonyl (C=O) groups excluding carboxylic acids is 2. The Hall–Kier alpha value is -1.88. The zero-order valence-electron chi connectivity index (χ0n) is 14.4. The lowest BCUT2D eigenvalue weighted by Crippen LogP contribution is -2.52. The fraction of sp³-hybridized carbons (Fsp3) is 0.579. The van der Waals surface area contributed by atoms with Gasteiger partial charge in [0.1, 0.15) is 0 Å². The second-order valence-corrected chi connectivity index (χ2v) is 6.96. The van der Waals surface area contributed by atoms with Gasteiger partial charge in [-0.05, 0) is 38.0 Å². The Kier molecular flexibility index (Phi) is 5.51. The first kappa shape index (κ1) is 17.0. The zero-order valence-corrected chi connectivity index (χ0v) is 14.4. The average Bonchev–Trinajstić information content (AvgIpc) is 2.62. The molecular weight excluding hydrogens is 302 g/mol. The summed E-state index contributed by atoms with van der Waals surface area (Å²) in [6.45, 7) is 4.43. The van der Waals surface area contributed by atoms with Crippen LogP contribution in [0.4, 0.5) is 5.69 Å². The van der Waals surface area contributed by atoms with Crippen molar-refractivity contribution in [2.24, 2.45) is 5.92 Å². The maximum Gasteiger partial charge on any atom is 0.254 e. The van der Waals surface area contributed by atoms with E-state index in [9.17, 15) is 9.59 Å². The highest BCUT2D eigenvalue weighted by Gasteiger charge is 2.25. The summed E-state index contributed by atoms with van der Waals surface area (Å²) in [5.41, 5.74) is 1.37. The van der Waals surface area contributed by atoms with Crippen molar-refractivity contribution in [1.29, 1.82) is 0 Å². The molecule has 2 N–H and O–H groups in total. The molecule has 5 heteroatoms. The van der Waals surface area contributed by atoms with E-state index in [0.717, 1.165) is 51.0 Å². The third kappa shape index (κ3) is 3.96. The zero-order chi connectivity index (χ0) is 16.9. The number of anilines is 1. The van der Waals surface area contributed by atoms with Gasteiger partial charge in [0.15, 0.2) is 0 Å². The standard InChI is InChI=1S/C19H27N3O2/c1-14-13-20-10-11-22(14)19(24)16-8-5-9-17(12-16)21-18(23)15-6-3-2-4-7-15/h5,8-9,12,14-15,20H,2-4,6-7,10-11,13H2,1H3,(H,21,23). The predicted octanol–water partition coefficient (Wildman–Crippen LogP) is 2.64. The van der Waals surface area contributed by atoms with Crippen LogP contribution in [0.3, 0.4) is 0 Å². The second-order valence-electron chi connectivity index (χ2n) is 6.96. The van der Waals surface area contributed by atoms with Crippen molar-refractivity contribution in [1.82, 2.24) is 10.2 Å². The minimum atomic E-state index is 0.0396. The molecule has 3 rings (SSSR count). The minimum Gasteiger partial charge on any atom is -0.333 e. The van der Waals surface area contributed by atoms with E-state index in [0.29, 0.717) is 5.56 Å². The van der Waals surface area contributed by atoms with Crippen molar-refractivity contribution < 1.29 is 9.59 Å². The average molecular weight is 329 g/mol. The van der Waals surface area contributed by atoms with Gasteiger partial charge in [0.2, 0.25) is 5.91 Å². The molecule has 130 valence electrons. The highest BCUT2D eigenvalue weighted by Crippen LogP contribution is 2.25. The quantitative estimate of drug-likeness (QED) is 0.896. The van der Waals surface area contributed by atoms with Gasteiger partial charge in [-0.3, -0.25) is 9.59 Å². The molecule has 1 unspecified atom stereocenters. The molecule has 2 aliphatic rings. The first-order valence-electron chi connectivity index (χ1n) is 9.08. The Morgan fingerprint density at radius 3 is 2.75 bits per heavy atom. The van der Waals surface area contributed by atoms with Crippen molar-refractivity contribution >= 4 is 17.5 Å². The maximum atomic E-state index is 12.7. The van der Waals surface area contributed by atoms with Gasteiger partial charge in [0.25, 0.3) is 5.91 Å². The molecule has 1 aromatic rings. The molecule has 5 nitrogen and oxygen atoms in total. The van der Waals surface area contributed by atoms with E-state index in [1.54, 1.807) is 6.07 Å². The predicted molar refractivity (Wildman–Crippen MR) is 95.0 cm³/mol. The largest absolute Gasteiger partial charge is 0.333 e. The molecule has 0 spiro atoms. The summed E-state index contributed by atoms with van der Waals surface area (Å²) in [6, 6.07) is 7.52. The summed E-state index contributed by atoms with van der Waals surface area (Å²) < 4.78 is 0. The van der Waals surface area contributed by atoms with Gasteiger partial charge in [0.05, 0.1) is 0 Å². The molecule has 1 aliphatic carbocycles. The number of nitrogens with zero attached hydrogens (tertiary/aromatic N) is 1. The summed E-state index contributed by atoms with van der Waals surface area (Å²) in [7, 11) is 0. The topological polar surface area (TPSA) is 61.4 Å². The molecule has 1 atom stereocenters.